The summed E-state index contributed by atoms with van der Waals surface area (Å²) in [7, 11) is 0. The highest BCUT2D eigenvalue weighted by molar-refractivity contribution is 6.00. The number of anilines is 1. The first-order valence-electron chi connectivity index (χ1n) is 13.3. The van der Waals surface area contributed by atoms with Gasteiger partial charge in [-0.1, -0.05) is 23.4 Å². The van der Waals surface area contributed by atoms with Crippen LogP contribution in [0.3, 0.4) is 0 Å². The molecule has 198 valence electrons. The predicted octanol–water partition coefficient (Wildman–Crippen LogP) is 4.30. The lowest BCUT2D eigenvalue weighted by molar-refractivity contribution is -0.136. The standard InChI is InChI=1S/C29H29N7O3/c1-18(2)36-25-13-21(6-7-22(25)16-31-36)27-32-28(39-33-27)20-8-10-34(11-9-20)29(38)23-14-26(37)35(17-23)24-5-3-4-19(12-24)15-30/h3-7,12-13,16,18,20,23H,8-11,14,17H2,1-2H3/t23-/m1/s1. The first-order chi connectivity index (χ1) is 18.9. The monoisotopic (exact) mass is 523 g/mol. The van der Waals surface area contributed by atoms with Gasteiger partial charge >= 0.3 is 0 Å². The summed E-state index contributed by atoms with van der Waals surface area (Å²) in [6.07, 6.45) is 3.49. The van der Waals surface area contributed by atoms with Gasteiger partial charge in [0.05, 0.1) is 29.3 Å². The number of hydrogen-bond acceptors (Lipinski definition) is 7. The number of rotatable bonds is 5. The summed E-state index contributed by atoms with van der Waals surface area (Å²) < 4.78 is 7.64. The molecule has 10 nitrogen and oxygen atoms in total. The third-order valence-corrected chi connectivity index (χ3v) is 7.70. The van der Waals surface area contributed by atoms with Gasteiger partial charge in [0.1, 0.15) is 0 Å². The fraction of sp³-hybridized carbons (Fsp3) is 0.379. The highest BCUT2D eigenvalue weighted by Gasteiger charge is 2.38. The number of fused-ring (bicyclic) bond motifs is 1. The van der Waals surface area contributed by atoms with Gasteiger partial charge in [-0.2, -0.15) is 15.3 Å². The molecule has 4 aromatic rings. The Morgan fingerprint density at radius 1 is 1.15 bits per heavy atom. The molecule has 0 saturated carbocycles. The van der Waals surface area contributed by atoms with Crippen molar-refractivity contribution in [1.29, 1.82) is 5.26 Å². The molecule has 4 heterocycles. The topological polar surface area (TPSA) is 121 Å². The normalized spacial score (nSPS) is 18.3. The summed E-state index contributed by atoms with van der Waals surface area (Å²) >= 11 is 0. The maximum absolute atomic E-state index is 13.3. The van der Waals surface area contributed by atoms with Gasteiger partial charge in [-0.25, -0.2) is 0 Å². The second kappa shape index (κ2) is 9.98. The second-order valence-corrected chi connectivity index (χ2v) is 10.6. The fourth-order valence-corrected chi connectivity index (χ4v) is 5.58. The number of carbonyl (C=O) groups excluding carboxylic acids is 2. The average Bonchev–Trinajstić information content (AvgIpc) is 3.71. The van der Waals surface area contributed by atoms with E-state index in [2.05, 4.69) is 30.2 Å². The molecule has 0 spiro atoms. The number of piperidine rings is 1. The molecule has 0 radical (unpaired) electrons. The quantitative estimate of drug-likeness (QED) is 0.382. The molecule has 6 rings (SSSR count). The molecule has 1 atom stereocenters. The number of aromatic nitrogens is 4. The maximum atomic E-state index is 13.3. The van der Waals surface area contributed by atoms with Crippen LogP contribution < -0.4 is 4.90 Å². The Labute approximate surface area is 225 Å². The zero-order chi connectivity index (χ0) is 27.1. The Bertz CT molecular complexity index is 1590. The summed E-state index contributed by atoms with van der Waals surface area (Å²) in [4.78, 5) is 34.1. The van der Waals surface area contributed by atoms with E-state index in [0.717, 1.165) is 29.3 Å². The molecular weight excluding hydrogens is 494 g/mol. The van der Waals surface area contributed by atoms with E-state index in [1.165, 1.54) is 0 Å². The molecule has 2 aromatic carbocycles. The van der Waals surface area contributed by atoms with Crippen molar-refractivity contribution in [1.82, 2.24) is 24.8 Å². The molecule has 0 bridgehead atoms. The summed E-state index contributed by atoms with van der Waals surface area (Å²) in [6.45, 7) is 5.68. The molecule has 2 saturated heterocycles. The Morgan fingerprint density at radius 3 is 2.74 bits per heavy atom. The maximum Gasteiger partial charge on any atom is 0.230 e. The Balaban J connectivity index is 1.09. The van der Waals surface area contributed by atoms with Crippen molar-refractivity contribution in [3.63, 3.8) is 0 Å². The molecule has 0 unspecified atom stereocenters. The molecule has 2 aliphatic rings. The van der Waals surface area contributed by atoms with Gasteiger partial charge in [-0.15, -0.1) is 0 Å². The third-order valence-electron chi connectivity index (χ3n) is 7.70. The van der Waals surface area contributed by atoms with E-state index in [-0.39, 0.29) is 36.1 Å². The van der Waals surface area contributed by atoms with Crippen LogP contribution in [0.5, 0.6) is 0 Å². The first-order valence-corrected chi connectivity index (χ1v) is 13.3. The van der Waals surface area contributed by atoms with E-state index in [4.69, 9.17) is 14.8 Å². The van der Waals surface area contributed by atoms with Crippen LogP contribution in [0.25, 0.3) is 22.3 Å². The van der Waals surface area contributed by atoms with Crippen LogP contribution in [0.2, 0.25) is 0 Å². The van der Waals surface area contributed by atoms with Gasteiger partial charge in [0, 0.05) is 54.7 Å². The lowest BCUT2D eigenvalue weighted by atomic mass is 9.95. The van der Waals surface area contributed by atoms with Crippen molar-refractivity contribution in [2.24, 2.45) is 5.92 Å². The van der Waals surface area contributed by atoms with E-state index in [1.807, 2.05) is 34.0 Å². The lowest BCUT2D eigenvalue weighted by Gasteiger charge is -2.32. The summed E-state index contributed by atoms with van der Waals surface area (Å²) in [5.41, 5.74) is 3.06. The van der Waals surface area contributed by atoms with Crippen molar-refractivity contribution >= 4 is 28.4 Å². The number of hydrogen-bond donors (Lipinski definition) is 0. The third kappa shape index (κ3) is 4.65. The number of likely N-dealkylation sites (tertiary alicyclic amines) is 1. The van der Waals surface area contributed by atoms with Crippen molar-refractivity contribution in [2.75, 3.05) is 24.5 Å². The summed E-state index contributed by atoms with van der Waals surface area (Å²) in [6, 6.07) is 15.3. The van der Waals surface area contributed by atoms with Crippen LogP contribution in [-0.2, 0) is 9.59 Å². The molecule has 2 aromatic heterocycles. The van der Waals surface area contributed by atoms with Crippen LogP contribution in [0.1, 0.15) is 56.5 Å². The van der Waals surface area contributed by atoms with Gasteiger partial charge in [0.15, 0.2) is 0 Å². The van der Waals surface area contributed by atoms with Gasteiger partial charge in [0.2, 0.25) is 23.5 Å². The smallest absolute Gasteiger partial charge is 0.230 e. The fourth-order valence-electron chi connectivity index (χ4n) is 5.58. The minimum atomic E-state index is -0.385. The molecule has 2 aliphatic heterocycles. The number of benzene rings is 2. The number of nitriles is 1. The lowest BCUT2D eigenvalue weighted by Crippen LogP contribution is -2.42. The van der Waals surface area contributed by atoms with E-state index in [1.54, 1.807) is 29.2 Å². The van der Waals surface area contributed by atoms with E-state index < -0.39 is 0 Å². The van der Waals surface area contributed by atoms with Crippen LogP contribution >= 0.6 is 0 Å². The van der Waals surface area contributed by atoms with Crippen LogP contribution in [0.4, 0.5) is 5.69 Å². The first kappa shape index (κ1) is 24.8. The van der Waals surface area contributed by atoms with E-state index >= 15 is 0 Å². The Hall–Kier alpha value is -4.52. The molecule has 2 amide bonds. The minimum Gasteiger partial charge on any atom is -0.342 e. The molecule has 0 aliphatic carbocycles. The SMILES string of the molecule is CC(C)n1ncc2ccc(-c3noc(C4CCN(C(=O)[C@@H]5CC(=O)N(c6cccc(C#N)c6)C5)CC4)n3)cc21. The zero-order valence-corrected chi connectivity index (χ0v) is 21.9. The van der Waals surface area contributed by atoms with Crippen LogP contribution in [0, 0.1) is 17.2 Å². The van der Waals surface area contributed by atoms with Crippen molar-refractivity contribution in [3.8, 4) is 17.5 Å². The van der Waals surface area contributed by atoms with Crippen molar-refractivity contribution < 1.29 is 14.1 Å². The van der Waals surface area contributed by atoms with Crippen LogP contribution in [0.15, 0.2) is 53.2 Å². The van der Waals surface area contributed by atoms with Gasteiger partial charge in [-0.3, -0.25) is 14.3 Å². The van der Waals surface area contributed by atoms with Gasteiger partial charge < -0.3 is 14.3 Å². The highest BCUT2D eigenvalue weighted by atomic mass is 16.5. The second-order valence-electron chi connectivity index (χ2n) is 10.6. The zero-order valence-electron chi connectivity index (χ0n) is 21.9. The van der Waals surface area contributed by atoms with Gasteiger partial charge in [0.25, 0.3) is 0 Å². The predicted molar refractivity (Wildman–Crippen MR) is 144 cm³/mol. The van der Waals surface area contributed by atoms with E-state index in [0.29, 0.717) is 42.6 Å². The van der Waals surface area contributed by atoms with Crippen LogP contribution in [-0.4, -0.2) is 56.3 Å². The summed E-state index contributed by atoms with van der Waals surface area (Å²) in [5, 5.41) is 19.0. The average molecular weight is 524 g/mol. The van der Waals surface area contributed by atoms with E-state index in [9.17, 15) is 9.59 Å². The molecule has 39 heavy (non-hydrogen) atoms. The number of nitrogens with zero attached hydrogens (tertiary/aromatic N) is 7. The largest absolute Gasteiger partial charge is 0.342 e. The molecule has 2 fully saturated rings. The molecule has 10 heteroatoms. The van der Waals surface area contributed by atoms with Crippen molar-refractivity contribution in [2.45, 2.75) is 45.1 Å². The molecular formula is C29H29N7O3. The summed E-state index contributed by atoms with van der Waals surface area (Å²) in [5.74, 6) is 0.745. The highest BCUT2D eigenvalue weighted by Crippen LogP contribution is 2.32. The Kier molecular flexibility index (Phi) is 6.35. The number of carbonyl (C=O) groups is 2. The van der Waals surface area contributed by atoms with Crippen molar-refractivity contribution in [3.05, 3.63) is 60.1 Å². The minimum absolute atomic E-state index is 0.00187. The van der Waals surface area contributed by atoms with Gasteiger partial charge in [-0.05, 0) is 51.0 Å². The number of amides is 2. The Morgan fingerprint density at radius 2 is 1.97 bits per heavy atom. The molecule has 0 N–H and O–H groups in total.